The zero-order valence-corrected chi connectivity index (χ0v) is 19.7. The second kappa shape index (κ2) is 9.21. The van der Waals surface area contributed by atoms with E-state index in [4.69, 9.17) is 17.0 Å². The number of likely N-dealkylation sites (N-methyl/N-ethyl adjacent to an activating group) is 1. The Kier molecular flexibility index (Phi) is 6.62. The van der Waals surface area contributed by atoms with Crippen molar-refractivity contribution in [2.45, 2.75) is 32.4 Å². The van der Waals surface area contributed by atoms with Gasteiger partial charge in [0.1, 0.15) is 10.9 Å². The SMILES string of the molecule is CCN1C(=O)/C(=C/c2cn(CC(=O)NC[C@@H]3CCCO3)c3ccc(Br)cc23)SC1=S. The minimum atomic E-state index is -0.0716. The first-order chi connectivity index (χ1) is 14.5. The average Bonchev–Trinajstić information content (AvgIpc) is 3.41. The van der Waals surface area contributed by atoms with Crippen LogP contribution in [0.4, 0.5) is 0 Å². The highest BCUT2D eigenvalue weighted by atomic mass is 79.9. The Morgan fingerprint density at radius 3 is 3.00 bits per heavy atom. The van der Waals surface area contributed by atoms with Crippen molar-refractivity contribution in [3.8, 4) is 0 Å². The molecule has 0 saturated carbocycles. The number of hydrogen-bond donors (Lipinski definition) is 1. The lowest BCUT2D eigenvalue weighted by Crippen LogP contribution is -2.34. The van der Waals surface area contributed by atoms with Gasteiger partial charge in [-0.15, -0.1) is 0 Å². The summed E-state index contributed by atoms with van der Waals surface area (Å²) in [6, 6.07) is 5.92. The topological polar surface area (TPSA) is 63.6 Å². The molecule has 2 fully saturated rings. The van der Waals surface area contributed by atoms with Gasteiger partial charge in [-0.1, -0.05) is 39.9 Å². The lowest BCUT2D eigenvalue weighted by Gasteiger charge is -2.11. The number of nitrogens with zero attached hydrogens (tertiary/aromatic N) is 2. The van der Waals surface area contributed by atoms with Gasteiger partial charge >= 0.3 is 0 Å². The van der Waals surface area contributed by atoms with Crippen LogP contribution < -0.4 is 5.32 Å². The molecule has 3 heterocycles. The molecule has 9 heteroatoms. The number of nitrogens with one attached hydrogen (secondary N) is 1. The van der Waals surface area contributed by atoms with Crippen molar-refractivity contribution in [1.82, 2.24) is 14.8 Å². The van der Waals surface area contributed by atoms with E-state index in [1.54, 1.807) is 4.90 Å². The van der Waals surface area contributed by atoms with E-state index in [0.717, 1.165) is 40.4 Å². The number of carbonyl (C=O) groups excluding carboxylic acids is 2. The summed E-state index contributed by atoms with van der Waals surface area (Å²) in [5, 5.41) is 3.94. The maximum Gasteiger partial charge on any atom is 0.266 e. The summed E-state index contributed by atoms with van der Waals surface area (Å²) < 4.78 is 9.00. The van der Waals surface area contributed by atoms with Gasteiger partial charge in [0.25, 0.3) is 5.91 Å². The number of rotatable bonds is 6. The summed E-state index contributed by atoms with van der Waals surface area (Å²) >= 11 is 10.1. The fourth-order valence-electron chi connectivity index (χ4n) is 3.70. The van der Waals surface area contributed by atoms with Crippen LogP contribution in [0.3, 0.4) is 0 Å². The largest absolute Gasteiger partial charge is 0.376 e. The number of benzene rings is 1. The number of carbonyl (C=O) groups is 2. The highest BCUT2D eigenvalue weighted by Gasteiger charge is 2.31. The molecule has 1 aromatic carbocycles. The molecule has 2 amide bonds. The van der Waals surface area contributed by atoms with E-state index in [-0.39, 0.29) is 24.5 Å². The molecule has 30 heavy (non-hydrogen) atoms. The molecular formula is C21H22BrN3O3S2. The maximum absolute atomic E-state index is 12.6. The van der Waals surface area contributed by atoms with Crippen LogP contribution in [0.25, 0.3) is 17.0 Å². The number of hydrogen-bond acceptors (Lipinski definition) is 5. The minimum absolute atomic E-state index is 0.0609. The first-order valence-electron chi connectivity index (χ1n) is 9.88. The molecule has 2 aliphatic heterocycles. The van der Waals surface area contributed by atoms with Crippen molar-refractivity contribution in [3.63, 3.8) is 0 Å². The third kappa shape index (κ3) is 4.49. The number of aromatic nitrogens is 1. The van der Waals surface area contributed by atoms with Gasteiger partial charge in [0, 0.05) is 46.8 Å². The van der Waals surface area contributed by atoms with E-state index >= 15 is 0 Å². The lowest BCUT2D eigenvalue weighted by atomic mass is 10.1. The second-order valence-corrected chi connectivity index (χ2v) is 9.83. The van der Waals surface area contributed by atoms with Crippen molar-refractivity contribution in [2.75, 3.05) is 19.7 Å². The number of halogens is 1. The molecule has 0 spiro atoms. The Labute approximate surface area is 193 Å². The zero-order valence-electron chi connectivity index (χ0n) is 16.5. The van der Waals surface area contributed by atoms with Crippen molar-refractivity contribution in [3.05, 3.63) is 39.3 Å². The molecule has 1 atom stereocenters. The predicted molar refractivity (Wildman–Crippen MR) is 127 cm³/mol. The van der Waals surface area contributed by atoms with Crippen LogP contribution in [0.15, 0.2) is 33.8 Å². The smallest absolute Gasteiger partial charge is 0.266 e. The van der Waals surface area contributed by atoms with Gasteiger partial charge in [-0.25, -0.2) is 0 Å². The fraction of sp³-hybridized carbons (Fsp3) is 0.381. The number of thioether (sulfide) groups is 1. The van der Waals surface area contributed by atoms with Gasteiger partial charge in [0.05, 0.1) is 11.0 Å². The Balaban J connectivity index is 1.59. The molecule has 2 aliphatic rings. The molecule has 1 N–H and O–H groups in total. The van der Waals surface area contributed by atoms with Gasteiger partial charge in [-0.3, -0.25) is 14.5 Å². The van der Waals surface area contributed by atoms with E-state index in [2.05, 4.69) is 21.2 Å². The molecule has 2 saturated heterocycles. The number of fused-ring (bicyclic) bond motifs is 1. The Morgan fingerprint density at radius 1 is 1.47 bits per heavy atom. The zero-order chi connectivity index (χ0) is 21.3. The third-order valence-corrected chi connectivity index (χ3v) is 7.09. The Morgan fingerprint density at radius 2 is 2.30 bits per heavy atom. The van der Waals surface area contributed by atoms with Gasteiger partial charge < -0.3 is 14.6 Å². The molecular weight excluding hydrogens is 486 g/mol. The van der Waals surface area contributed by atoms with Crippen molar-refractivity contribution in [1.29, 1.82) is 0 Å². The predicted octanol–water partition coefficient (Wildman–Crippen LogP) is 3.92. The quantitative estimate of drug-likeness (QED) is 0.474. The molecule has 158 valence electrons. The van der Waals surface area contributed by atoms with Crippen molar-refractivity contribution >= 4 is 73.0 Å². The van der Waals surface area contributed by atoms with Crippen LogP contribution in [0.2, 0.25) is 0 Å². The Bertz CT molecular complexity index is 1040. The molecule has 6 nitrogen and oxygen atoms in total. The van der Waals surface area contributed by atoms with Crippen LogP contribution in [0.1, 0.15) is 25.3 Å². The monoisotopic (exact) mass is 507 g/mol. The summed E-state index contributed by atoms with van der Waals surface area (Å²) in [6.07, 6.45) is 5.93. The first-order valence-corrected chi connectivity index (χ1v) is 11.9. The van der Waals surface area contributed by atoms with E-state index in [9.17, 15) is 9.59 Å². The van der Waals surface area contributed by atoms with Crippen LogP contribution in [-0.4, -0.2) is 51.4 Å². The molecule has 0 bridgehead atoms. The van der Waals surface area contributed by atoms with Gasteiger partial charge in [-0.05, 0) is 44.0 Å². The maximum atomic E-state index is 12.6. The van der Waals surface area contributed by atoms with E-state index in [1.807, 2.05) is 42.0 Å². The van der Waals surface area contributed by atoms with E-state index in [1.165, 1.54) is 11.8 Å². The van der Waals surface area contributed by atoms with Crippen molar-refractivity contribution < 1.29 is 14.3 Å². The highest BCUT2D eigenvalue weighted by Crippen LogP contribution is 2.34. The summed E-state index contributed by atoms with van der Waals surface area (Å²) in [6.45, 7) is 3.97. The lowest BCUT2D eigenvalue weighted by molar-refractivity contribution is -0.122. The fourth-order valence-corrected chi connectivity index (χ4v) is 5.44. The highest BCUT2D eigenvalue weighted by molar-refractivity contribution is 9.10. The van der Waals surface area contributed by atoms with Crippen LogP contribution in [0.5, 0.6) is 0 Å². The molecule has 0 unspecified atom stereocenters. The summed E-state index contributed by atoms with van der Waals surface area (Å²) in [5.74, 6) is -0.133. The van der Waals surface area contributed by atoms with Crippen LogP contribution in [-0.2, 0) is 20.9 Å². The molecule has 4 rings (SSSR count). The number of ether oxygens (including phenoxy) is 1. The summed E-state index contributed by atoms with van der Waals surface area (Å²) in [4.78, 5) is 27.3. The summed E-state index contributed by atoms with van der Waals surface area (Å²) in [7, 11) is 0. The van der Waals surface area contributed by atoms with Gasteiger partial charge in [0.2, 0.25) is 5.91 Å². The van der Waals surface area contributed by atoms with E-state index < -0.39 is 0 Å². The molecule has 0 radical (unpaired) electrons. The molecule has 1 aromatic heterocycles. The van der Waals surface area contributed by atoms with Crippen LogP contribution >= 0.6 is 39.9 Å². The minimum Gasteiger partial charge on any atom is -0.376 e. The third-order valence-electron chi connectivity index (χ3n) is 5.22. The number of thiocarbonyl (C=S) groups is 1. The van der Waals surface area contributed by atoms with Gasteiger partial charge in [-0.2, -0.15) is 0 Å². The van der Waals surface area contributed by atoms with Crippen molar-refractivity contribution in [2.24, 2.45) is 0 Å². The molecule has 0 aliphatic carbocycles. The average molecular weight is 508 g/mol. The first kappa shape index (κ1) is 21.5. The summed E-state index contributed by atoms with van der Waals surface area (Å²) in [5.41, 5.74) is 1.82. The van der Waals surface area contributed by atoms with E-state index in [0.29, 0.717) is 22.3 Å². The standard InChI is InChI=1S/C21H22BrN3O3S2/c1-2-25-20(27)18(30-21(25)29)8-13-11-24(17-6-5-14(22)9-16(13)17)12-19(26)23-10-15-4-3-7-28-15/h5-6,8-9,11,15H,2-4,7,10,12H2,1H3,(H,23,26)/b18-8-/t15-/m0/s1. The van der Waals surface area contributed by atoms with Crippen LogP contribution in [0, 0.1) is 0 Å². The second-order valence-electron chi connectivity index (χ2n) is 7.24. The Hall–Kier alpha value is -1.68. The molecule has 2 aromatic rings. The number of amides is 2. The normalized spacial score (nSPS) is 20.7. The van der Waals surface area contributed by atoms with Gasteiger partial charge in [0.15, 0.2) is 0 Å².